The van der Waals surface area contributed by atoms with E-state index in [1.54, 1.807) is 12.1 Å². The number of hydrogen-bond donors (Lipinski definition) is 3. The molecule has 3 amide bonds. The highest BCUT2D eigenvalue weighted by Gasteiger charge is 2.74. The summed E-state index contributed by atoms with van der Waals surface area (Å²) in [6.07, 6.45) is 1.47. The second-order valence-electron chi connectivity index (χ2n) is 11.8. The molecule has 8 heteroatoms. The smallest absolute Gasteiger partial charge is 0.246 e. The highest BCUT2D eigenvalue weighted by molar-refractivity contribution is 6.02. The summed E-state index contributed by atoms with van der Waals surface area (Å²) < 4.78 is 6.39. The molecule has 1 aromatic carbocycles. The lowest BCUT2D eigenvalue weighted by molar-refractivity contribution is -0.142. The van der Waals surface area contributed by atoms with Gasteiger partial charge in [-0.2, -0.15) is 0 Å². The monoisotopic (exact) mass is 471 g/mol. The van der Waals surface area contributed by atoms with Crippen molar-refractivity contribution in [1.29, 1.82) is 0 Å². The van der Waals surface area contributed by atoms with Gasteiger partial charge in [0.15, 0.2) is 0 Å². The molecule has 0 radical (unpaired) electrons. The first kappa shape index (κ1) is 24.7. The quantitative estimate of drug-likeness (QED) is 0.566. The number of carbonyl (C=O) groups excluding carboxylic acids is 3. The number of aliphatic hydroxyl groups excluding tert-OH is 1. The van der Waals surface area contributed by atoms with Crippen molar-refractivity contribution >= 4 is 23.4 Å². The highest BCUT2D eigenvalue weighted by Crippen LogP contribution is 2.58. The van der Waals surface area contributed by atoms with Crippen LogP contribution >= 0.6 is 0 Å². The molecule has 3 aliphatic rings. The average molecular weight is 472 g/mol. The van der Waals surface area contributed by atoms with E-state index in [1.165, 1.54) is 4.90 Å². The van der Waals surface area contributed by atoms with Crippen molar-refractivity contribution in [1.82, 2.24) is 10.2 Å². The van der Waals surface area contributed by atoms with Crippen LogP contribution < -0.4 is 10.6 Å². The van der Waals surface area contributed by atoms with Crippen LogP contribution in [0.15, 0.2) is 30.3 Å². The average Bonchev–Trinajstić information content (AvgIpc) is 3.34. The number of rotatable bonds is 7. The summed E-state index contributed by atoms with van der Waals surface area (Å²) in [4.78, 5) is 42.0. The third kappa shape index (κ3) is 4.33. The Labute approximate surface area is 201 Å². The number of amides is 3. The molecule has 3 aliphatic heterocycles. The second-order valence-corrected chi connectivity index (χ2v) is 11.8. The van der Waals surface area contributed by atoms with Crippen LogP contribution in [-0.4, -0.2) is 64.2 Å². The lowest BCUT2D eigenvalue weighted by Crippen LogP contribution is -2.59. The van der Waals surface area contributed by atoms with E-state index in [1.807, 2.05) is 32.0 Å². The summed E-state index contributed by atoms with van der Waals surface area (Å²) in [5, 5.41) is 15.7. The van der Waals surface area contributed by atoms with Gasteiger partial charge in [-0.05, 0) is 50.7 Å². The zero-order valence-electron chi connectivity index (χ0n) is 20.8. The number of anilines is 1. The van der Waals surface area contributed by atoms with Gasteiger partial charge < -0.3 is 25.4 Å². The lowest BCUT2D eigenvalue weighted by Gasteiger charge is -2.38. The maximum atomic E-state index is 13.7. The molecule has 34 heavy (non-hydrogen) atoms. The molecule has 3 fully saturated rings. The molecule has 0 saturated carbocycles. The minimum Gasteiger partial charge on any atom is -0.395 e. The summed E-state index contributed by atoms with van der Waals surface area (Å²) in [6.45, 7) is 10.0. The number of nitrogens with one attached hydrogen (secondary N) is 2. The molecule has 5 atom stereocenters. The van der Waals surface area contributed by atoms with Crippen LogP contribution in [0.25, 0.3) is 0 Å². The van der Waals surface area contributed by atoms with Crippen LogP contribution in [0.2, 0.25) is 0 Å². The number of hydrogen-bond acceptors (Lipinski definition) is 5. The van der Waals surface area contributed by atoms with Crippen molar-refractivity contribution in [2.24, 2.45) is 17.3 Å². The molecule has 1 aromatic rings. The summed E-state index contributed by atoms with van der Waals surface area (Å²) >= 11 is 0. The summed E-state index contributed by atoms with van der Waals surface area (Å²) in [6, 6.07) is 8.24. The molecule has 4 rings (SSSR count). The Morgan fingerprint density at radius 1 is 1.15 bits per heavy atom. The van der Waals surface area contributed by atoms with E-state index >= 15 is 0 Å². The molecule has 3 heterocycles. The molecule has 0 aliphatic carbocycles. The predicted octanol–water partition coefficient (Wildman–Crippen LogP) is 2.32. The van der Waals surface area contributed by atoms with Gasteiger partial charge in [-0.3, -0.25) is 14.4 Å². The molecule has 8 nitrogen and oxygen atoms in total. The van der Waals surface area contributed by atoms with E-state index in [0.717, 1.165) is 6.42 Å². The fourth-order valence-corrected chi connectivity index (χ4v) is 6.62. The molecule has 2 bridgehead atoms. The van der Waals surface area contributed by atoms with Gasteiger partial charge in [-0.15, -0.1) is 0 Å². The first-order chi connectivity index (χ1) is 15.9. The van der Waals surface area contributed by atoms with Gasteiger partial charge in [0, 0.05) is 17.8 Å². The van der Waals surface area contributed by atoms with Gasteiger partial charge in [0.25, 0.3) is 0 Å². The normalized spacial score (nSPS) is 30.4. The predicted molar refractivity (Wildman–Crippen MR) is 128 cm³/mol. The number of benzene rings is 1. The number of β-amino-alcohol motifs (C(OH)–C–C–N with tert-alkyl or cyclic N) is 1. The van der Waals surface area contributed by atoms with E-state index in [9.17, 15) is 19.5 Å². The van der Waals surface area contributed by atoms with Crippen LogP contribution in [0, 0.1) is 17.3 Å². The van der Waals surface area contributed by atoms with Crippen LogP contribution in [0.5, 0.6) is 0 Å². The highest BCUT2D eigenvalue weighted by atomic mass is 16.5. The van der Waals surface area contributed by atoms with Crippen molar-refractivity contribution < 1.29 is 24.2 Å². The molecular weight excluding hydrogens is 434 g/mol. The first-order valence-corrected chi connectivity index (χ1v) is 12.2. The van der Waals surface area contributed by atoms with E-state index in [4.69, 9.17) is 4.74 Å². The molecular formula is C26H37N3O5. The Kier molecular flexibility index (Phi) is 6.27. The summed E-state index contributed by atoms with van der Waals surface area (Å²) in [5.74, 6) is -2.28. The molecule has 1 spiro atoms. The number of para-hydroxylation sites is 1. The van der Waals surface area contributed by atoms with Crippen molar-refractivity contribution in [2.75, 3.05) is 18.5 Å². The topological polar surface area (TPSA) is 108 Å². The maximum absolute atomic E-state index is 13.7. The summed E-state index contributed by atoms with van der Waals surface area (Å²) in [5.41, 5.74) is -0.910. The van der Waals surface area contributed by atoms with Gasteiger partial charge in [-0.1, -0.05) is 39.0 Å². The molecule has 3 N–H and O–H groups in total. The fourth-order valence-electron chi connectivity index (χ4n) is 6.62. The van der Waals surface area contributed by atoms with Crippen LogP contribution in [0.4, 0.5) is 5.69 Å². The van der Waals surface area contributed by atoms with Crippen molar-refractivity contribution in [2.45, 2.75) is 77.2 Å². The lowest BCUT2D eigenvalue weighted by atomic mass is 9.70. The van der Waals surface area contributed by atoms with E-state index in [-0.39, 0.29) is 36.3 Å². The third-order valence-electron chi connectivity index (χ3n) is 7.17. The van der Waals surface area contributed by atoms with Gasteiger partial charge in [0.1, 0.15) is 11.6 Å². The number of fused-ring (bicyclic) bond motifs is 1. The van der Waals surface area contributed by atoms with E-state index in [0.29, 0.717) is 18.5 Å². The minimum atomic E-state index is -1.06. The van der Waals surface area contributed by atoms with Crippen LogP contribution in [0.3, 0.4) is 0 Å². The Bertz CT molecular complexity index is 957. The van der Waals surface area contributed by atoms with Crippen molar-refractivity contribution in [3.05, 3.63) is 30.3 Å². The number of aliphatic hydroxyl groups is 1. The van der Waals surface area contributed by atoms with E-state index in [2.05, 4.69) is 31.4 Å². The number of carbonyl (C=O) groups is 3. The molecule has 0 aromatic heterocycles. The Balaban J connectivity index is 1.62. The number of ether oxygens (including phenoxy) is 1. The summed E-state index contributed by atoms with van der Waals surface area (Å²) in [7, 11) is 0. The van der Waals surface area contributed by atoms with Gasteiger partial charge in [0.2, 0.25) is 17.7 Å². The van der Waals surface area contributed by atoms with Crippen molar-refractivity contribution in [3.8, 4) is 0 Å². The number of nitrogens with zero attached hydrogens (tertiary/aromatic N) is 1. The zero-order chi connectivity index (χ0) is 24.9. The third-order valence-corrected chi connectivity index (χ3v) is 7.17. The molecule has 186 valence electrons. The van der Waals surface area contributed by atoms with E-state index < -0.39 is 35.1 Å². The van der Waals surface area contributed by atoms with Gasteiger partial charge >= 0.3 is 0 Å². The van der Waals surface area contributed by atoms with Crippen molar-refractivity contribution in [3.63, 3.8) is 0 Å². The van der Waals surface area contributed by atoms with Gasteiger partial charge in [-0.25, -0.2) is 0 Å². The first-order valence-electron chi connectivity index (χ1n) is 12.2. The Morgan fingerprint density at radius 2 is 1.82 bits per heavy atom. The Hall–Kier alpha value is -2.45. The SMILES string of the molecule is CC(C)(C)CC(C)(C)NC(=O)C1N(CCO)C(=O)[C@@H]2[C@@H](C(=O)Nc3ccccc3)[C@H]3CCC12O3. The fraction of sp³-hybridized carbons (Fsp3) is 0.654. The zero-order valence-corrected chi connectivity index (χ0v) is 20.8. The van der Waals surface area contributed by atoms with Crippen LogP contribution in [0.1, 0.15) is 53.9 Å². The van der Waals surface area contributed by atoms with Crippen LogP contribution in [-0.2, 0) is 19.1 Å². The van der Waals surface area contributed by atoms with Gasteiger partial charge in [0.05, 0.1) is 24.5 Å². The Morgan fingerprint density at radius 3 is 2.44 bits per heavy atom. The molecule has 3 saturated heterocycles. The molecule has 2 unspecified atom stereocenters. The second kappa shape index (κ2) is 8.64. The standard InChI is InChI=1S/C26H37N3O5/c1-24(2,3)15-25(4,5)28-22(32)20-26-12-11-17(34-26)18(19(26)23(33)29(20)13-14-30)21(31)27-16-9-7-6-8-10-16/h6-10,17-20,30H,11-15H2,1-5H3,(H,27,31)(H,28,32)/t17-,18+,19+,20?,26?/m1/s1. The maximum Gasteiger partial charge on any atom is 0.246 e. The largest absolute Gasteiger partial charge is 0.395 e. The number of likely N-dealkylation sites (tertiary alicyclic amines) is 1. The minimum absolute atomic E-state index is 0.00316.